The average Bonchev–Trinajstić information content (AvgIpc) is 2.60. The van der Waals surface area contributed by atoms with Crippen LogP contribution in [0.4, 0.5) is 4.39 Å². The van der Waals surface area contributed by atoms with Crippen molar-refractivity contribution in [2.45, 2.75) is 6.92 Å². The molecule has 88 valence electrons. The van der Waals surface area contributed by atoms with Gasteiger partial charge >= 0.3 is 5.97 Å². The van der Waals surface area contributed by atoms with E-state index in [1.165, 1.54) is 19.1 Å². The van der Waals surface area contributed by atoms with Crippen molar-refractivity contribution in [3.8, 4) is 11.3 Å². The Bertz CT molecular complexity index is 594. The minimum Gasteiger partial charge on any atom is -0.477 e. The second-order valence-electron chi connectivity index (χ2n) is 3.39. The zero-order valence-electron chi connectivity index (χ0n) is 8.70. The highest BCUT2D eigenvalue weighted by Gasteiger charge is 2.22. The third-order valence-electron chi connectivity index (χ3n) is 2.26. The van der Waals surface area contributed by atoms with Crippen molar-refractivity contribution in [1.29, 1.82) is 0 Å². The highest BCUT2D eigenvalue weighted by atomic mass is 79.9. The van der Waals surface area contributed by atoms with Gasteiger partial charge in [-0.15, -0.1) is 0 Å². The van der Waals surface area contributed by atoms with E-state index in [-0.39, 0.29) is 22.6 Å². The summed E-state index contributed by atoms with van der Waals surface area (Å²) in [5.41, 5.74) is -0.0197. The van der Waals surface area contributed by atoms with E-state index in [1.807, 2.05) is 0 Å². The Hall–Kier alpha value is -1.69. The van der Waals surface area contributed by atoms with Crippen molar-refractivity contribution in [2.24, 2.45) is 0 Å². The zero-order valence-corrected chi connectivity index (χ0v) is 10.3. The predicted molar refractivity (Wildman–Crippen MR) is 61.3 cm³/mol. The lowest BCUT2D eigenvalue weighted by molar-refractivity contribution is 0.0696. The maximum absolute atomic E-state index is 13.7. The van der Waals surface area contributed by atoms with Gasteiger partial charge in [-0.3, -0.25) is 0 Å². The van der Waals surface area contributed by atoms with Gasteiger partial charge in [0, 0.05) is 10.0 Å². The van der Waals surface area contributed by atoms with Crippen LogP contribution in [-0.2, 0) is 0 Å². The number of carbonyl (C=O) groups is 1. The number of aromatic carboxylic acids is 1. The number of carboxylic acids is 1. The van der Waals surface area contributed by atoms with Crippen LogP contribution >= 0.6 is 15.9 Å². The first kappa shape index (κ1) is 11.8. The number of rotatable bonds is 2. The zero-order chi connectivity index (χ0) is 12.6. The summed E-state index contributed by atoms with van der Waals surface area (Å²) >= 11 is 3.12. The molecule has 0 aliphatic carbocycles. The van der Waals surface area contributed by atoms with Gasteiger partial charge in [-0.2, -0.15) is 0 Å². The van der Waals surface area contributed by atoms with E-state index in [9.17, 15) is 9.18 Å². The fraction of sp³-hybridized carbons (Fsp3) is 0.0909. The molecule has 0 saturated carbocycles. The van der Waals surface area contributed by atoms with E-state index >= 15 is 0 Å². The molecular formula is C11H7BrFNO3. The quantitative estimate of drug-likeness (QED) is 0.924. The molecule has 17 heavy (non-hydrogen) atoms. The van der Waals surface area contributed by atoms with Gasteiger partial charge < -0.3 is 9.63 Å². The Morgan fingerprint density at radius 2 is 2.24 bits per heavy atom. The molecule has 0 aliphatic heterocycles. The monoisotopic (exact) mass is 299 g/mol. The van der Waals surface area contributed by atoms with Crippen LogP contribution in [0, 0.1) is 12.7 Å². The smallest absolute Gasteiger partial charge is 0.341 e. The van der Waals surface area contributed by atoms with Crippen LogP contribution in [0.5, 0.6) is 0 Å². The average molecular weight is 300 g/mol. The summed E-state index contributed by atoms with van der Waals surface area (Å²) in [6.45, 7) is 1.47. The second-order valence-corrected chi connectivity index (χ2v) is 4.31. The Labute approximate surface area is 104 Å². The maximum atomic E-state index is 13.7. The van der Waals surface area contributed by atoms with Crippen molar-refractivity contribution < 1.29 is 18.8 Å². The Balaban J connectivity index is 2.65. The summed E-state index contributed by atoms with van der Waals surface area (Å²) in [5, 5.41) is 12.6. The van der Waals surface area contributed by atoms with Crippen LogP contribution in [0.1, 0.15) is 16.1 Å². The van der Waals surface area contributed by atoms with Crippen LogP contribution in [-0.4, -0.2) is 16.2 Å². The largest absolute Gasteiger partial charge is 0.477 e. The molecule has 4 nitrogen and oxygen atoms in total. The molecule has 1 N–H and O–H groups in total. The number of hydrogen-bond donors (Lipinski definition) is 1. The van der Waals surface area contributed by atoms with Crippen LogP contribution in [0.25, 0.3) is 11.3 Å². The molecule has 0 amide bonds. The first-order valence-electron chi connectivity index (χ1n) is 4.65. The van der Waals surface area contributed by atoms with Crippen LogP contribution in [0.15, 0.2) is 27.2 Å². The summed E-state index contributed by atoms with van der Waals surface area (Å²) in [6, 6.07) is 4.29. The molecule has 2 rings (SSSR count). The minimum atomic E-state index is -1.19. The van der Waals surface area contributed by atoms with E-state index in [0.717, 1.165) is 0 Å². The molecule has 0 unspecified atom stereocenters. The fourth-order valence-electron chi connectivity index (χ4n) is 1.49. The van der Waals surface area contributed by atoms with Crippen LogP contribution in [0.3, 0.4) is 0 Å². The van der Waals surface area contributed by atoms with Crippen LogP contribution < -0.4 is 0 Å². The third-order valence-corrected chi connectivity index (χ3v) is 2.76. The Morgan fingerprint density at radius 1 is 1.53 bits per heavy atom. The van der Waals surface area contributed by atoms with Gasteiger partial charge in [0.15, 0.2) is 0 Å². The predicted octanol–water partition coefficient (Wildman–Crippen LogP) is 3.25. The van der Waals surface area contributed by atoms with Gasteiger partial charge in [0.1, 0.15) is 22.8 Å². The fourth-order valence-corrected chi connectivity index (χ4v) is 1.82. The topological polar surface area (TPSA) is 63.3 Å². The summed E-state index contributed by atoms with van der Waals surface area (Å²) in [6.07, 6.45) is 0. The molecule has 0 atom stereocenters. The Kier molecular flexibility index (Phi) is 2.97. The lowest BCUT2D eigenvalue weighted by atomic mass is 10.1. The number of nitrogens with zero attached hydrogens (tertiary/aromatic N) is 1. The lowest BCUT2D eigenvalue weighted by Crippen LogP contribution is -2.00. The summed E-state index contributed by atoms with van der Waals surface area (Å²) in [4.78, 5) is 11.0. The van der Waals surface area contributed by atoms with E-state index < -0.39 is 11.8 Å². The summed E-state index contributed by atoms with van der Waals surface area (Å²) in [7, 11) is 0. The molecule has 6 heteroatoms. The summed E-state index contributed by atoms with van der Waals surface area (Å²) < 4.78 is 19.0. The molecule has 0 aliphatic rings. The molecule has 0 radical (unpaired) electrons. The first-order valence-corrected chi connectivity index (χ1v) is 5.45. The lowest BCUT2D eigenvalue weighted by Gasteiger charge is -2.00. The molecule has 0 fully saturated rings. The molecule has 1 aromatic carbocycles. The van der Waals surface area contributed by atoms with Crippen molar-refractivity contribution in [1.82, 2.24) is 5.16 Å². The maximum Gasteiger partial charge on any atom is 0.341 e. The van der Waals surface area contributed by atoms with Gasteiger partial charge in [0.05, 0.1) is 0 Å². The standard InChI is InChI=1S/C11H7BrFNO3/c1-5-9(11(15)16)10(14-17-5)7-3-2-6(12)4-8(7)13/h2-4H,1H3,(H,15,16). The second kappa shape index (κ2) is 4.29. The van der Waals surface area contributed by atoms with E-state index in [4.69, 9.17) is 9.63 Å². The third kappa shape index (κ3) is 2.08. The number of benzene rings is 1. The highest BCUT2D eigenvalue weighted by molar-refractivity contribution is 9.10. The molecule has 0 bridgehead atoms. The minimum absolute atomic E-state index is 0.000000000000000222. The number of hydrogen-bond acceptors (Lipinski definition) is 3. The number of aryl methyl sites for hydroxylation is 1. The molecule has 0 saturated heterocycles. The van der Waals surface area contributed by atoms with Crippen molar-refractivity contribution in [3.63, 3.8) is 0 Å². The molecule has 0 spiro atoms. The Morgan fingerprint density at radius 3 is 2.82 bits per heavy atom. The molecule has 2 aromatic rings. The molecular weight excluding hydrogens is 293 g/mol. The normalized spacial score (nSPS) is 10.5. The first-order chi connectivity index (χ1) is 8.00. The van der Waals surface area contributed by atoms with Crippen LogP contribution in [0.2, 0.25) is 0 Å². The van der Waals surface area contributed by atoms with E-state index in [0.29, 0.717) is 4.47 Å². The van der Waals surface area contributed by atoms with E-state index in [1.54, 1.807) is 6.07 Å². The van der Waals surface area contributed by atoms with E-state index in [2.05, 4.69) is 21.1 Å². The molecule has 1 heterocycles. The van der Waals surface area contributed by atoms with Gasteiger partial charge in [-0.25, -0.2) is 9.18 Å². The molecule has 1 aromatic heterocycles. The number of aromatic nitrogens is 1. The summed E-state index contributed by atoms with van der Waals surface area (Å²) in [5.74, 6) is -1.61. The van der Waals surface area contributed by atoms with Gasteiger partial charge in [-0.05, 0) is 25.1 Å². The number of halogens is 2. The van der Waals surface area contributed by atoms with Gasteiger partial charge in [0.25, 0.3) is 0 Å². The van der Waals surface area contributed by atoms with Crippen molar-refractivity contribution >= 4 is 21.9 Å². The highest BCUT2D eigenvalue weighted by Crippen LogP contribution is 2.29. The SMILES string of the molecule is Cc1onc(-c2ccc(Br)cc2F)c1C(=O)O. The van der Waals surface area contributed by atoms with Crippen molar-refractivity contribution in [3.05, 3.63) is 39.8 Å². The number of carboxylic acid groups (broad SMARTS) is 1. The van der Waals surface area contributed by atoms with Gasteiger partial charge in [-0.1, -0.05) is 21.1 Å². The van der Waals surface area contributed by atoms with Gasteiger partial charge in [0.2, 0.25) is 0 Å². The van der Waals surface area contributed by atoms with Crippen molar-refractivity contribution in [2.75, 3.05) is 0 Å².